The van der Waals surface area contributed by atoms with E-state index < -0.39 is 0 Å². The maximum absolute atomic E-state index is 5.08. The Labute approximate surface area is 280 Å². The SMILES string of the molecule is c1ccc(C2=NC(c3ccccc3)NC(c3ccc(-c4c(-c5cc6ccccc6c6ccccc56)ccc5ccccc45)cc3)N2)cc1. The molecule has 0 saturated carbocycles. The Balaban J connectivity index is 1.16. The van der Waals surface area contributed by atoms with Crippen molar-refractivity contribution in [3.63, 3.8) is 0 Å². The van der Waals surface area contributed by atoms with E-state index in [-0.39, 0.29) is 12.3 Å². The topological polar surface area (TPSA) is 36.4 Å². The van der Waals surface area contributed by atoms with Gasteiger partial charge in [0.25, 0.3) is 0 Å². The molecule has 0 saturated heterocycles. The summed E-state index contributed by atoms with van der Waals surface area (Å²) >= 11 is 0. The number of nitrogens with one attached hydrogen (secondary N) is 2. The van der Waals surface area contributed by atoms with Crippen molar-refractivity contribution in [3.8, 4) is 22.3 Å². The highest BCUT2D eigenvalue weighted by atomic mass is 15.3. The summed E-state index contributed by atoms with van der Waals surface area (Å²) in [4.78, 5) is 5.08. The zero-order chi connectivity index (χ0) is 31.9. The molecular weight excluding hydrogens is 583 g/mol. The van der Waals surface area contributed by atoms with Gasteiger partial charge in [-0.25, -0.2) is 4.99 Å². The van der Waals surface area contributed by atoms with Crippen molar-refractivity contribution >= 4 is 38.2 Å². The first-order valence-electron chi connectivity index (χ1n) is 16.5. The molecule has 9 rings (SSSR count). The third-order valence-corrected chi connectivity index (χ3v) is 9.55. The highest BCUT2D eigenvalue weighted by molar-refractivity contribution is 6.16. The van der Waals surface area contributed by atoms with Crippen LogP contribution in [0.5, 0.6) is 0 Å². The maximum atomic E-state index is 5.08. The molecule has 8 aromatic carbocycles. The van der Waals surface area contributed by atoms with Crippen LogP contribution in [0.25, 0.3) is 54.6 Å². The van der Waals surface area contributed by atoms with E-state index in [1.165, 1.54) is 54.6 Å². The minimum absolute atomic E-state index is 0.117. The molecule has 0 amide bonds. The molecule has 48 heavy (non-hydrogen) atoms. The van der Waals surface area contributed by atoms with Crippen LogP contribution in [-0.4, -0.2) is 5.84 Å². The molecule has 0 fully saturated rings. The van der Waals surface area contributed by atoms with Crippen LogP contribution in [0.3, 0.4) is 0 Å². The number of aliphatic imine (C=N–C) groups is 1. The monoisotopic (exact) mass is 615 g/mol. The van der Waals surface area contributed by atoms with Crippen molar-refractivity contribution in [2.75, 3.05) is 0 Å². The third-order valence-electron chi connectivity index (χ3n) is 9.55. The van der Waals surface area contributed by atoms with Gasteiger partial charge in [-0.2, -0.15) is 0 Å². The van der Waals surface area contributed by atoms with Crippen molar-refractivity contribution in [3.05, 3.63) is 193 Å². The van der Waals surface area contributed by atoms with Crippen LogP contribution in [0, 0.1) is 0 Å². The third kappa shape index (κ3) is 5.02. The molecule has 1 aliphatic rings. The first-order chi connectivity index (χ1) is 23.8. The molecule has 228 valence electrons. The van der Waals surface area contributed by atoms with E-state index in [2.05, 4.69) is 174 Å². The highest BCUT2D eigenvalue weighted by Gasteiger charge is 2.25. The number of fused-ring (bicyclic) bond motifs is 4. The fraction of sp³-hybridized carbons (Fsp3) is 0.0444. The quantitative estimate of drug-likeness (QED) is 0.189. The van der Waals surface area contributed by atoms with Crippen molar-refractivity contribution < 1.29 is 0 Å². The van der Waals surface area contributed by atoms with E-state index in [1.54, 1.807) is 0 Å². The molecule has 0 spiro atoms. The summed E-state index contributed by atoms with van der Waals surface area (Å²) in [5, 5.41) is 15.0. The number of benzene rings is 8. The molecule has 0 bridgehead atoms. The molecule has 0 aliphatic carbocycles. The molecule has 0 aromatic heterocycles. The molecule has 0 radical (unpaired) electrons. The minimum Gasteiger partial charge on any atom is -0.350 e. The van der Waals surface area contributed by atoms with Crippen LogP contribution in [0.4, 0.5) is 0 Å². The van der Waals surface area contributed by atoms with Crippen molar-refractivity contribution in [2.45, 2.75) is 12.3 Å². The summed E-state index contributed by atoms with van der Waals surface area (Å²) in [5.74, 6) is 0.886. The van der Waals surface area contributed by atoms with Crippen LogP contribution < -0.4 is 10.6 Å². The van der Waals surface area contributed by atoms with Gasteiger partial charge in [-0.3, -0.25) is 5.32 Å². The van der Waals surface area contributed by atoms with Crippen LogP contribution in [0.1, 0.15) is 29.0 Å². The van der Waals surface area contributed by atoms with Gasteiger partial charge < -0.3 is 5.32 Å². The van der Waals surface area contributed by atoms with Crippen LogP contribution >= 0.6 is 0 Å². The summed E-state index contributed by atoms with van der Waals surface area (Å²) in [5.41, 5.74) is 8.29. The minimum atomic E-state index is -0.168. The predicted octanol–water partition coefficient (Wildman–Crippen LogP) is 10.8. The smallest absolute Gasteiger partial charge is 0.131 e. The van der Waals surface area contributed by atoms with Crippen LogP contribution in [-0.2, 0) is 0 Å². The number of amidine groups is 1. The zero-order valence-corrected chi connectivity index (χ0v) is 26.3. The van der Waals surface area contributed by atoms with Gasteiger partial charge in [-0.15, -0.1) is 0 Å². The predicted molar refractivity (Wildman–Crippen MR) is 201 cm³/mol. The Morgan fingerprint density at radius 1 is 0.417 bits per heavy atom. The molecular formula is C45H33N3. The van der Waals surface area contributed by atoms with E-state index in [0.29, 0.717) is 0 Å². The molecule has 3 heteroatoms. The lowest BCUT2D eigenvalue weighted by atomic mass is 9.86. The summed E-state index contributed by atoms with van der Waals surface area (Å²) < 4.78 is 0. The van der Waals surface area contributed by atoms with Crippen molar-refractivity contribution in [2.24, 2.45) is 4.99 Å². The molecule has 8 aromatic rings. The van der Waals surface area contributed by atoms with E-state index in [1.807, 2.05) is 12.1 Å². The van der Waals surface area contributed by atoms with Gasteiger partial charge in [0.2, 0.25) is 0 Å². The van der Waals surface area contributed by atoms with Gasteiger partial charge in [0, 0.05) is 5.56 Å². The van der Waals surface area contributed by atoms with Gasteiger partial charge in [0.1, 0.15) is 18.2 Å². The van der Waals surface area contributed by atoms with Gasteiger partial charge in [0.05, 0.1) is 0 Å². The Hall–Kier alpha value is -6.03. The van der Waals surface area contributed by atoms with Crippen molar-refractivity contribution in [1.82, 2.24) is 10.6 Å². The molecule has 1 aliphatic heterocycles. The lowest BCUT2D eigenvalue weighted by Gasteiger charge is -2.32. The fourth-order valence-electron chi connectivity index (χ4n) is 7.21. The Bertz CT molecular complexity index is 2450. The Morgan fingerprint density at radius 3 is 1.81 bits per heavy atom. The van der Waals surface area contributed by atoms with E-state index >= 15 is 0 Å². The Kier molecular flexibility index (Phi) is 7.03. The lowest BCUT2D eigenvalue weighted by molar-refractivity contribution is 0.409. The lowest BCUT2D eigenvalue weighted by Crippen LogP contribution is -2.44. The van der Waals surface area contributed by atoms with Gasteiger partial charge in [-0.1, -0.05) is 170 Å². The summed E-state index contributed by atoms with van der Waals surface area (Å²) in [6.45, 7) is 0. The van der Waals surface area contributed by atoms with E-state index in [4.69, 9.17) is 4.99 Å². The number of hydrogen-bond acceptors (Lipinski definition) is 3. The maximum Gasteiger partial charge on any atom is 0.131 e. The second-order valence-corrected chi connectivity index (χ2v) is 12.4. The second-order valence-electron chi connectivity index (χ2n) is 12.4. The van der Waals surface area contributed by atoms with E-state index in [9.17, 15) is 0 Å². The standard InChI is InChI=1S/C45H33N3/c1-3-14-32(15-4-1)43-46-44(33-16-5-2-6-17-33)48-45(47-43)34-25-23-31(24-26-34)42-37-20-10-7-13-30(37)27-28-40(42)41-29-35-18-8-9-19-36(35)38-21-11-12-22-39(38)41/h1-29,43,45,47H,(H,46,48). The summed E-state index contributed by atoms with van der Waals surface area (Å²) in [7, 11) is 0. The normalized spacial score (nSPS) is 16.1. The number of nitrogens with zero attached hydrogens (tertiary/aromatic N) is 1. The van der Waals surface area contributed by atoms with Crippen LogP contribution in [0.2, 0.25) is 0 Å². The summed E-state index contributed by atoms with van der Waals surface area (Å²) in [6, 6.07) is 63.0. The molecule has 2 unspecified atom stereocenters. The van der Waals surface area contributed by atoms with Gasteiger partial charge in [-0.05, 0) is 71.8 Å². The average Bonchev–Trinajstić information content (AvgIpc) is 3.18. The first-order valence-corrected chi connectivity index (χ1v) is 16.5. The second kappa shape index (κ2) is 12.0. The van der Waals surface area contributed by atoms with Gasteiger partial charge in [0.15, 0.2) is 0 Å². The van der Waals surface area contributed by atoms with Crippen molar-refractivity contribution in [1.29, 1.82) is 0 Å². The molecule has 1 heterocycles. The number of hydrogen-bond donors (Lipinski definition) is 2. The highest BCUT2D eigenvalue weighted by Crippen LogP contribution is 2.43. The molecule has 3 nitrogen and oxygen atoms in total. The zero-order valence-electron chi connectivity index (χ0n) is 26.3. The number of rotatable bonds is 5. The average molecular weight is 616 g/mol. The van der Waals surface area contributed by atoms with Gasteiger partial charge >= 0.3 is 0 Å². The largest absolute Gasteiger partial charge is 0.350 e. The van der Waals surface area contributed by atoms with E-state index in [0.717, 1.165) is 22.5 Å². The van der Waals surface area contributed by atoms with Crippen LogP contribution in [0.15, 0.2) is 181 Å². The Morgan fingerprint density at radius 2 is 1.04 bits per heavy atom. The fourth-order valence-corrected chi connectivity index (χ4v) is 7.21. The first kappa shape index (κ1) is 28.2. The molecule has 2 atom stereocenters. The summed E-state index contributed by atoms with van der Waals surface area (Å²) in [6.07, 6.45) is -0.286. The molecule has 2 N–H and O–H groups in total.